The van der Waals surface area contributed by atoms with Gasteiger partial charge in [0.25, 0.3) is 0 Å². The number of para-hydroxylation sites is 1. The monoisotopic (exact) mass is 475 g/mol. The van der Waals surface area contributed by atoms with Gasteiger partial charge in [0.2, 0.25) is 5.91 Å². The zero-order chi connectivity index (χ0) is 22.4. The van der Waals surface area contributed by atoms with Gasteiger partial charge in [0.1, 0.15) is 12.4 Å². The van der Waals surface area contributed by atoms with Crippen LogP contribution in [0.15, 0.2) is 42.5 Å². The Morgan fingerprint density at radius 2 is 1.68 bits per heavy atom. The number of hydrogen-bond donors (Lipinski definition) is 1. The Hall–Kier alpha value is -2.00. The molecule has 1 aliphatic heterocycles. The van der Waals surface area contributed by atoms with Crippen molar-refractivity contribution in [2.75, 3.05) is 51.2 Å². The van der Waals surface area contributed by atoms with Crippen LogP contribution in [0.4, 0.5) is 18.9 Å². The van der Waals surface area contributed by atoms with Gasteiger partial charge >= 0.3 is 6.18 Å². The van der Waals surface area contributed by atoms with Crippen molar-refractivity contribution in [3.63, 3.8) is 0 Å². The number of carbonyl (C=O) groups is 1. The van der Waals surface area contributed by atoms with Crippen LogP contribution >= 0.6 is 23.2 Å². The number of nitrogens with zero attached hydrogens (tertiary/aromatic N) is 2. The van der Waals surface area contributed by atoms with Crippen LogP contribution in [0.2, 0.25) is 10.0 Å². The average Bonchev–Trinajstić information content (AvgIpc) is 2.71. The number of carbonyl (C=O) groups excluding carboxylic acids is 1. The number of benzene rings is 2. The smallest absolute Gasteiger partial charge is 0.417 e. The fraction of sp³-hybridized carbons (Fsp3) is 0.381. The van der Waals surface area contributed by atoms with E-state index in [0.29, 0.717) is 30.5 Å². The van der Waals surface area contributed by atoms with Crippen LogP contribution < -0.4 is 10.1 Å². The highest BCUT2D eigenvalue weighted by Gasteiger charge is 2.33. The van der Waals surface area contributed by atoms with Gasteiger partial charge in [-0.1, -0.05) is 35.3 Å². The fourth-order valence-electron chi connectivity index (χ4n) is 3.24. The second-order valence-electron chi connectivity index (χ2n) is 7.14. The molecule has 3 rings (SSSR count). The van der Waals surface area contributed by atoms with Crippen molar-refractivity contribution in [1.82, 2.24) is 9.80 Å². The number of amides is 1. The molecule has 0 atom stereocenters. The molecule has 0 saturated carbocycles. The van der Waals surface area contributed by atoms with Gasteiger partial charge in [0.05, 0.1) is 22.2 Å². The Bertz CT molecular complexity index is 904. The highest BCUT2D eigenvalue weighted by Crippen LogP contribution is 2.36. The van der Waals surface area contributed by atoms with Gasteiger partial charge in [-0.2, -0.15) is 13.2 Å². The van der Waals surface area contributed by atoms with Crippen LogP contribution in [0.25, 0.3) is 0 Å². The Labute approximate surface area is 188 Å². The maximum Gasteiger partial charge on any atom is 0.417 e. The molecule has 0 bridgehead atoms. The van der Waals surface area contributed by atoms with Crippen molar-refractivity contribution < 1.29 is 22.7 Å². The summed E-state index contributed by atoms with van der Waals surface area (Å²) >= 11 is 11.7. The summed E-state index contributed by atoms with van der Waals surface area (Å²) in [5.74, 6) is 0.279. The maximum absolute atomic E-state index is 13.0. The van der Waals surface area contributed by atoms with Crippen molar-refractivity contribution in [1.29, 1.82) is 0 Å². The first-order valence-electron chi connectivity index (χ1n) is 9.71. The minimum absolute atomic E-state index is 0.0667. The molecule has 1 aliphatic rings. The van der Waals surface area contributed by atoms with E-state index in [1.807, 2.05) is 23.1 Å². The number of rotatable bonds is 7. The second-order valence-corrected chi connectivity index (χ2v) is 7.95. The van der Waals surface area contributed by atoms with Gasteiger partial charge < -0.3 is 10.1 Å². The Morgan fingerprint density at radius 3 is 2.35 bits per heavy atom. The van der Waals surface area contributed by atoms with E-state index < -0.39 is 16.8 Å². The number of piperazine rings is 1. The van der Waals surface area contributed by atoms with Crippen molar-refractivity contribution in [2.45, 2.75) is 6.18 Å². The predicted molar refractivity (Wildman–Crippen MR) is 115 cm³/mol. The molecule has 31 heavy (non-hydrogen) atoms. The first kappa shape index (κ1) is 23.7. The Morgan fingerprint density at radius 1 is 1.00 bits per heavy atom. The Balaban J connectivity index is 1.40. The third-order valence-electron chi connectivity index (χ3n) is 4.89. The zero-order valence-electron chi connectivity index (χ0n) is 16.6. The zero-order valence-corrected chi connectivity index (χ0v) is 18.1. The molecular formula is C21H22Cl2F3N3O2. The SMILES string of the molecule is O=C(CN1CCN(CCOc2ccccc2Cl)CC1)Nc1ccc(Cl)c(C(F)(F)F)c1. The molecule has 1 amide bonds. The van der Waals surface area contributed by atoms with Gasteiger partial charge in [0.15, 0.2) is 0 Å². The molecule has 10 heteroatoms. The van der Waals surface area contributed by atoms with E-state index in [0.717, 1.165) is 31.8 Å². The maximum atomic E-state index is 13.0. The molecule has 0 radical (unpaired) electrons. The summed E-state index contributed by atoms with van der Waals surface area (Å²) in [6.45, 7) is 4.21. The number of halogens is 5. The molecule has 0 aromatic heterocycles. The lowest BCUT2D eigenvalue weighted by atomic mass is 10.2. The van der Waals surface area contributed by atoms with Gasteiger partial charge in [-0.3, -0.25) is 14.6 Å². The quantitative estimate of drug-likeness (QED) is 0.633. The first-order valence-corrected chi connectivity index (χ1v) is 10.5. The number of anilines is 1. The number of ether oxygens (including phenoxy) is 1. The summed E-state index contributed by atoms with van der Waals surface area (Å²) < 4.78 is 44.6. The summed E-state index contributed by atoms with van der Waals surface area (Å²) in [6.07, 6.45) is -4.58. The minimum Gasteiger partial charge on any atom is -0.491 e. The van der Waals surface area contributed by atoms with E-state index in [1.54, 1.807) is 6.07 Å². The third-order valence-corrected chi connectivity index (χ3v) is 5.53. The third kappa shape index (κ3) is 7.00. The summed E-state index contributed by atoms with van der Waals surface area (Å²) in [4.78, 5) is 16.4. The van der Waals surface area contributed by atoms with E-state index >= 15 is 0 Å². The number of nitrogens with one attached hydrogen (secondary N) is 1. The molecule has 0 spiro atoms. The van der Waals surface area contributed by atoms with Crippen LogP contribution in [0.3, 0.4) is 0 Å². The largest absolute Gasteiger partial charge is 0.491 e. The lowest BCUT2D eigenvalue weighted by molar-refractivity contribution is -0.137. The van der Waals surface area contributed by atoms with Crippen LogP contribution in [-0.2, 0) is 11.0 Å². The van der Waals surface area contributed by atoms with Gasteiger partial charge in [-0.05, 0) is 30.3 Å². The molecule has 2 aromatic rings. The normalized spacial score (nSPS) is 15.6. The van der Waals surface area contributed by atoms with Crippen LogP contribution in [-0.4, -0.2) is 61.6 Å². The van der Waals surface area contributed by atoms with E-state index in [2.05, 4.69) is 10.2 Å². The van der Waals surface area contributed by atoms with Gasteiger partial charge in [-0.15, -0.1) is 0 Å². The second kappa shape index (κ2) is 10.5. The molecule has 168 valence electrons. The molecule has 1 fully saturated rings. The van der Waals surface area contributed by atoms with E-state index in [-0.39, 0.29) is 18.1 Å². The molecule has 5 nitrogen and oxygen atoms in total. The molecular weight excluding hydrogens is 454 g/mol. The van der Waals surface area contributed by atoms with Gasteiger partial charge in [-0.25, -0.2) is 0 Å². The van der Waals surface area contributed by atoms with Crippen molar-refractivity contribution in [2.24, 2.45) is 0 Å². The highest BCUT2D eigenvalue weighted by atomic mass is 35.5. The lowest BCUT2D eigenvalue weighted by Crippen LogP contribution is -2.49. The first-order chi connectivity index (χ1) is 14.7. The van der Waals surface area contributed by atoms with Crippen LogP contribution in [0.1, 0.15) is 5.56 Å². The predicted octanol–water partition coefficient (Wildman–Crippen LogP) is 4.65. The van der Waals surface area contributed by atoms with E-state index in [9.17, 15) is 18.0 Å². The molecule has 0 aliphatic carbocycles. The van der Waals surface area contributed by atoms with Crippen LogP contribution in [0.5, 0.6) is 5.75 Å². The average molecular weight is 476 g/mol. The summed E-state index contributed by atoms with van der Waals surface area (Å²) in [6, 6.07) is 10.6. The lowest BCUT2D eigenvalue weighted by Gasteiger charge is -2.34. The topological polar surface area (TPSA) is 44.8 Å². The molecule has 2 aromatic carbocycles. The van der Waals surface area contributed by atoms with Crippen molar-refractivity contribution >= 4 is 34.8 Å². The Kier molecular flexibility index (Phi) is 8.05. The van der Waals surface area contributed by atoms with Gasteiger partial charge in [0, 0.05) is 38.4 Å². The molecule has 1 saturated heterocycles. The van der Waals surface area contributed by atoms with Crippen molar-refractivity contribution in [3.05, 3.63) is 58.1 Å². The summed E-state index contributed by atoms with van der Waals surface area (Å²) in [7, 11) is 0. The van der Waals surface area contributed by atoms with Crippen molar-refractivity contribution in [3.8, 4) is 5.75 Å². The molecule has 0 unspecified atom stereocenters. The number of hydrogen-bond acceptors (Lipinski definition) is 4. The summed E-state index contributed by atoms with van der Waals surface area (Å²) in [5, 5.41) is 2.68. The van der Waals surface area contributed by atoms with E-state index in [4.69, 9.17) is 27.9 Å². The highest BCUT2D eigenvalue weighted by molar-refractivity contribution is 6.32. The minimum atomic E-state index is -4.58. The fourth-order valence-corrected chi connectivity index (χ4v) is 3.66. The summed E-state index contributed by atoms with van der Waals surface area (Å²) in [5.41, 5.74) is -0.906. The molecule has 1 heterocycles. The molecule has 1 N–H and O–H groups in total. The standard InChI is InChI=1S/C21H22Cl2F3N3O2/c22-17-6-5-15(13-16(17)21(24,25)26)27-20(30)14-29-9-7-28(8-10-29)11-12-31-19-4-2-1-3-18(19)23/h1-6,13H,7-12,14H2,(H,27,30). The van der Waals surface area contributed by atoms with E-state index in [1.165, 1.54) is 6.07 Å². The number of alkyl halides is 3. The van der Waals surface area contributed by atoms with Crippen LogP contribution in [0, 0.1) is 0 Å².